The zero-order valence-corrected chi connectivity index (χ0v) is 9.23. The largest absolute Gasteiger partial charge is 0.464 e. The number of nitrogens with zero attached hydrogens (tertiary/aromatic N) is 3. The van der Waals surface area contributed by atoms with Crippen LogP contribution in [0.15, 0.2) is 0 Å². The first-order valence-corrected chi connectivity index (χ1v) is 4.89. The van der Waals surface area contributed by atoms with Gasteiger partial charge < -0.3 is 15.2 Å². The molecule has 1 aromatic rings. The lowest BCUT2D eigenvalue weighted by Gasteiger charge is -2.08. The Kier molecular flexibility index (Phi) is 4.08. The van der Waals surface area contributed by atoms with Gasteiger partial charge in [0.05, 0.1) is 13.2 Å². The van der Waals surface area contributed by atoms with Crippen LogP contribution in [0, 0.1) is 5.92 Å². The molecule has 0 bridgehead atoms. The van der Waals surface area contributed by atoms with Crippen molar-refractivity contribution < 1.29 is 9.47 Å². The lowest BCUT2D eigenvalue weighted by atomic mass is 10.2. The number of ether oxygens (including phenoxy) is 2. The van der Waals surface area contributed by atoms with Crippen LogP contribution in [0.25, 0.3) is 0 Å². The highest BCUT2D eigenvalue weighted by Gasteiger charge is 2.06. The van der Waals surface area contributed by atoms with Gasteiger partial charge in [0, 0.05) is 0 Å². The Morgan fingerprint density at radius 1 is 1.13 bits per heavy atom. The Balaban J connectivity index is 2.70. The van der Waals surface area contributed by atoms with Crippen LogP contribution in [0.2, 0.25) is 0 Å². The second-order valence-electron chi connectivity index (χ2n) is 3.40. The number of anilines is 1. The molecule has 0 fully saturated rings. The molecule has 0 saturated heterocycles. The van der Waals surface area contributed by atoms with E-state index >= 15 is 0 Å². The molecular weight excluding hydrogens is 196 g/mol. The van der Waals surface area contributed by atoms with Crippen molar-refractivity contribution in [2.24, 2.45) is 5.92 Å². The van der Waals surface area contributed by atoms with E-state index in [-0.39, 0.29) is 18.0 Å². The van der Waals surface area contributed by atoms with Crippen molar-refractivity contribution in [1.29, 1.82) is 0 Å². The Morgan fingerprint density at radius 3 is 2.27 bits per heavy atom. The Labute approximate surface area is 88.8 Å². The average molecular weight is 212 g/mol. The van der Waals surface area contributed by atoms with Crippen LogP contribution in [0.4, 0.5) is 5.95 Å². The van der Waals surface area contributed by atoms with Gasteiger partial charge in [-0.1, -0.05) is 13.8 Å². The molecule has 1 heterocycles. The van der Waals surface area contributed by atoms with Gasteiger partial charge in [-0.15, -0.1) is 4.98 Å². The van der Waals surface area contributed by atoms with E-state index in [4.69, 9.17) is 15.2 Å². The fourth-order valence-corrected chi connectivity index (χ4v) is 0.852. The van der Waals surface area contributed by atoms with E-state index in [9.17, 15) is 0 Å². The zero-order valence-electron chi connectivity index (χ0n) is 9.23. The highest BCUT2D eigenvalue weighted by molar-refractivity contribution is 5.20. The molecule has 0 aliphatic carbocycles. The average Bonchev–Trinajstić information content (AvgIpc) is 2.14. The molecule has 0 saturated carbocycles. The van der Waals surface area contributed by atoms with Crippen LogP contribution < -0.4 is 15.2 Å². The normalized spacial score (nSPS) is 10.4. The van der Waals surface area contributed by atoms with Gasteiger partial charge in [-0.05, 0) is 12.8 Å². The third-order valence-corrected chi connectivity index (χ3v) is 1.43. The van der Waals surface area contributed by atoms with Gasteiger partial charge in [-0.2, -0.15) is 9.97 Å². The van der Waals surface area contributed by atoms with E-state index in [0.29, 0.717) is 19.1 Å². The van der Waals surface area contributed by atoms with Crippen molar-refractivity contribution in [3.63, 3.8) is 0 Å². The molecule has 1 rings (SSSR count). The molecule has 0 unspecified atom stereocenters. The molecule has 0 atom stereocenters. The van der Waals surface area contributed by atoms with Crippen molar-refractivity contribution in [2.75, 3.05) is 18.9 Å². The van der Waals surface area contributed by atoms with Crippen molar-refractivity contribution >= 4 is 5.95 Å². The van der Waals surface area contributed by atoms with Crippen LogP contribution in [0.5, 0.6) is 12.0 Å². The van der Waals surface area contributed by atoms with E-state index < -0.39 is 0 Å². The molecule has 2 N–H and O–H groups in total. The highest BCUT2D eigenvalue weighted by Crippen LogP contribution is 2.11. The van der Waals surface area contributed by atoms with Crippen LogP contribution in [-0.2, 0) is 0 Å². The summed E-state index contributed by atoms with van der Waals surface area (Å²) in [6, 6.07) is 0.406. The molecule has 0 aliphatic rings. The van der Waals surface area contributed by atoms with Crippen molar-refractivity contribution in [3.8, 4) is 12.0 Å². The summed E-state index contributed by atoms with van der Waals surface area (Å²) in [7, 11) is 0. The SMILES string of the molecule is CCOc1nc(N)nc(OCC(C)C)n1. The standard InChI is InChI=1S/C9H16N4O2/c1-4-14-8-11-7(10)12-9(13-8)15-5-6(2)3/h6H,4-5H2,1-3H3,(H2,10,11,12,13). The van der Waals surface area contributed by atoms with Crippen LogP contribution in [0.3, 0.4) is 0 Å². The van der Waals surface area contributed by atoms with Crippen molar-refractivity contribution in [3.05, 3.63) is 0 Å². The first kappa shape index (κ1) is 11.5. The lowest BCUT2D eigenvalue weighted by molar-refractivity contribution is 0.240. The first-order valence-electron chi connectivity index (χ1n) is 4.89. The van der Waals surface area contributed by atoms with Gasteiger partial charge in [0.1, 0.15) is 0 Å². The molecule has 6 nitrogen and oxygen atoms in total. The summed E-state index contributed by atoms with van der Waals surface area (Å²) in [4.78, 5) is 11.6. The number of hydrogen-bond donors (Lipinski definition) is 1. The summed E-state index contributed by atoms with van der Waals surface area (Å²) in [6.07, 6.45) is 0. The van der Waals surface area contributed by atoms with Crippen molar-refractivity contribution in [1.82, 2.24) is 15.0 Å². The van der Waals surface area contributed by atoms with E-state index in [1.807, 2.05) is 20.8 Å². The van der Waals surface area contributed by atoms with Gasteiger partial charge >= 0.3 is 12.0 Å². The fraction of sp³-hybridized carbons (Fsp3) is 0.667. The van der Waals surface area contributed by atoms with Gasteiger partial charge in [0.2, 0.25) is 5.95 Å². The quantitative estimate of drug-likeness (QED) is 0.780. The molecule has 0 radical (unpaired) electrons. The predicted octanol–water partition coefficient (Wildman–Crippen LogP) is 0.887. The topological polar surface area (TPSA) is 83.2 Å². The second-order valence-corrected chi connectivity index (χ2v) is 3.40. The zero-order chi connectivity index (χ0) is 11.3. The van der Waals surface area contributed by atoms with E-state index in [1.165, 1.54) is 0 Å². The number of hydrogen-bond acceptors (Lipinski definition) is 6. The number of aromatic nitrogens is 3. The third kappa shape index (κ3) is 3.97. The van der Waals surface area contributed by atoms with Crippen LogP contribution >= 0.6 is 0 Å². The van der Waals surface area contributed by atoms with Crippen molar-refractivity contribution in [2.45, 2.75) is 20.8 Å². The van der Waals surface area contributed by atoms with E-state index in [0.717, 1.165) is 0 Å². The summed E-state index contributed by atoms with van der Waals surface area (Å²) in [6.45, 7) is 6.93. The maximum absolute atomic E-state index is 5.47. The number of rotatable bonds is 5. The maximum Gasteiger partial charge on any atom is 0.324 e. The van der Waals surface area contributed by atoms with E-state index in [1.54, 1.807) is 0 Å². The highest BCUT2D eigenvalue weighted by atomic mass is 16.5. The molecule has 0 spiro atoms. The molecule has 1 aromatic heterocycles. The van der Waals surface area contributed by atoms with Gasteiger partial charge in [-0.3, -0.25) is 0 Å². The van der Waals surface area contributed by atoms with Gasteiger partial charge in [0.25, 0.3) is 0 Å². The first-order chi connectivity index (χ1) is 7.11. The van der Waals surface area contributed by atoms with Gasteiger partial charge in [-0.25, -0.2) is 0 Å². The molecule has 0 aliphatic heterocycles. The monoisotopic (exact) mass is 212 g/mol. The lowest BCUT2D eigenvalue weighted by Crippen LogP contribution is -2.10. The third-order valence-electron chi connectivity index (χ3n) is 1.43. The summed E-state index contributed by atoms with van der Waals surface area (Å²) < 4.78 is 10.4. The summed E-state index contributed by atoms with van der Waals surface area (Å²) >= 11 is 0. The van der Waals surface area contributed by atoms with Gasteiger partial charge in [0.15, 0.2) is 0 Å². The fourth-order valence-electron chi connectivity index (χ4n) is 0.852. The smallest absolute Gasteiger partial charge is 0.324 e. The molecule has 0 aromatic carbocycles. The maximum atomic E-state index is 5.47. The summed E-state index contributed by atoms with van der Waals surface area (Å²) in [5.41, 5.74) is 5.47. The Morgan fingerprint density at radius 2 is 1.73 bits per heavy atom. The number of nitrogens with two attached hydrogens (primary N) is 1. The van der Waals surface area contributed by atoms with Crippen LogP contribution in [-0.4, -0.2) is 28.2 Å². The minimum Gasteiger partial charge on any atom is -0.464 e. The Hall–Kier alpha value is -1.59. The Bertz CT molecular complexity index is 317. The molecule has 6 heteroatoms. The molecule has 0 amide bonds. The molecule has 84 valence electrons. The molecule has 15 heavy (non-hydrogen) atoms. The van der Waals surface area contributed by atoms with Crippen LogP contribution in [0.1, 0.15) is 20.8 Å². The van der Waals surface area contributed by atoms with E-state index in [2.05, 4.69) is 15.0 Å². The minimum atomic E-state index is 0.104. The summed E-state index contributed by atoms with van der Waals surface area (Å²) in [5, 5.41) is 0. The second kappa shape index (κ2) is 5.33. The minimum absolute atomic E-state index is 0.104. The summed E-state index contributed by atoms with van der Waals surface area (Å²) in [5.74, 6) is 0.505. The number of nitrogen functional groups attached to an aromatic ring is 1. The molecular formula is C9H16N4O2. The predicted molar refractivity (Wildman–Crippen MR) is 55.7 cm³/mol.